The molecule has 4 N–H and O–H groups in total. The molecule has 0 atom stereocenters. The molecular formula is C27H27Cl2N5O3S. The van der Waals surface area contributed by atoms with E-state index in [1.54, 1.807) is 61.2 Å². The maximum atomic E-state index is 11.8. The number of halogens is 2. The van der Waals surface area contributed by atoms with E-state index in [0.717, 1.165) is 18.7 Å². The van der Waals surface area contributed by atoms with Crippen molar-refractivity contribution in [3.63, 3.8) is 0 Å². The molecule has 4 rings (SSSR count). The van der Waals surface area contributed by atoms with Gasteiger partial charge in [0.15, 0.2) is 11.6 Å². The molecule has 2 heterocycles. The van der Waals surface area contributed by atoms with Crippen LogP contribution in [-0.2, 0) is 6.54 Å². The first kappa shape index (κ1) is 27.6. The maximum Gasteiger partial charge on any atom is 0.337 e. The molecule has 11 heteroatoms. The van der Waals surface area contributed by atoms with Gasteiger partial charge in [-0.3, -0.25) is 0 Å². The minimum Gasteiger partial charge on any atom is -0.478 e. The molecule has 0 spiro atoms. The molecule has 0 unspecified atom stereocenters. The minimum atomic E-state index is -1.04. The van der Waals surface area contributed by atoms with Gasteiger partial charge in [-0.05, 0) is 67.8 Å². The van der Waals surface area contributed by atoms with Crippen LogP contribution in [0.1, 0.15) is 28.4 Å². The Labute approximate surface area is 235 Å². The second-order valence-corrected chi connectivity index (χ2v) is 10.2. The predicted octanol–water partition coefficient (Wildman–Crippen LogP) is 7.57. The molecule has 0 aliphatic carbocycles. The van der Waals surface area contributed by atoms with Crippen molar-refractivity contribution in [3.8, 4) is 11.3 Å². The van der Waals surface area contributed by atoms with Crippen LogP contribution in [-0.4, -0.2) is 39.6 Å². The number of nitrogens with one attached hydrogen (secondary N) is 3. The van der Waals surface area contributed by atoms with Gasteiger partial charge in [-0.1, -0.05) is 35.3 Å². The van der Waals surface area contributed by atoms with E-state index in [0.29, 0.717) is 62.5 Å². The van der Waals surface area contributed by atoms with Crippen LogP contribution in [0.25, 0.3) is 11.3 Å². The molecule has 2 aromatic carbocycles. The summed E-state index contributed by atoms with van der Waals surface area (Å²) in [6, 6.07) is 15.6. The lowest BCUT2D eigenvalue weighted by Crippen LogP contribution is -2.13. The van der Waals surface area contributed by atoms with E-state index in [2.05, 4.69) is 32.2 Å². The summed E-state index contributed by atoms with van der Waals surface area (Å²) >= 11 is 14.3. The number of benzene rings is 2. The average molecular weight is 573 g/mol. The van der Waals surface area contributed by atoms with E-state index in [-0.39, 0.29) is 5.56 Å². The van der Waals surface area contributed by atoms with Gasteiger partial charge in [0.05, 0.1) is 22.8 Å². The zero-order valence-corrected chi connectivity index (χ0v) is 23.2. The first-order chi connectivity index (χ1) is 18.4. The number of aromatic carboxylic acids is 1. The molecular weight excluding hydrogens is 545 g/mol. The largest absolute Gasteiger partial charge is 0.478 e. The van der Waals surface area contributed by atoms with Gasteiger partial charge >= 0.3 is 5.97 Å². The van der Waals surface area contributed by atoms with E-state index in [1.165, 1.54) is 0 Å². The van der Waals surface area contributed by atoms with Gasteiger partial charge in [-0.25, -0.2) is 14.8 Å². The van der Waals surface area contributed by atoms with Crippen LogP contribution in [0.4, 0.5) is 23.0 Å². The third kappa shape index (κ3) is 6.92. The molecule has 0 saturated heterocycles. The fraction of sp³-hybridized carbons (Fsp3) is 0.222. The summed E-state index contributed by atoms with van der Waals surface area (Å²) in [5.74, 6) is 2.82. The highest BCUT2D eigenvalue weighted by Gasteiger charge is 2.18. The van der Waals surface area contributed by atoms with Gasteiger partial charge in [0.2, 0.25) is 0 Å². The topological polar surface area (TPSA) is 112 Å². The lowest BCUT2D eigenvalue weighted by molar-refractivity contribution is 0.0698. The number of hydrogen-bond donors (Lipinski definition) is 4. The van der Waals surface area contributed by atoms with Crippen molar-refractivity contribution in [1.29, 1.82) is 0 Å². The van der Waals surface area contributed by atoms with Crippen molar-refractivity contribution >= 4 is 63.9 Å². The van der Waals surface area contributed by atoms with Crippen LogP contribution in [0.5, 0.6) is 0 Å². The third-order valence-electron chi connectivity index (χ3n) is 5.54. The quantitative estimate of drug-likeness (QED) is 0.128. The first-order valence-electron chi connectivity index (χ1n) is 11.8. The number of nitrogens with zero attached hydrogens (tertiary/aromatic N) is 2. The SMILES string of the molecule is CSCCCNc1nc(C)nc(Nc2ccccc2C(=O)O)c1NCc1ccc(-c2cc(Cl)ccc2Cl)o1. The van der Waals surface area contributed by atoms with Gasteiger partial charge in [0.25, 0.3) is 0 Å². The highest BCUT2D eigenvalue weighted by atomic mass is 35.5. The summed E-state index contributed by atoms with van der Waals surface area (Å²) in [6.45, 7) is 2.83. The highest BCUT2D eigenvalue weighted by Crippen LogP contribution is 2.34. The monoisotopic (exact) mass is 571 g/mol. The van der Waals surface area contributed by atoms with Crippen molar-refractivity contribution in [1.82, 2.24) is 9.97 Å². The second-order valence-electron chi connectivity index (χ2n) is 8.34. The number of carbonyl (C=O) groups is 1. The molecule has 0 fully saturated rings. The van der Waals surface area contributed by atoms with Crippen LogP contribution < -0.4 is 16.0 Å². The Morgan fingerprint density at radius 3 is 2.63 bits per heavy atom. The highest BCUT2D eigenvalue weighted by molar-refractivity contribution is 7.98. The fourth-order valence-electron chi connectivity index (χ4n) is 3.77. The molecule has 38 heavy (non-hydrogen) atoms. The van der Waals surface area contributed by atoms with Crippen LogP contribution in [0, 0.1) is 6.92 Å². The molecule has 0 amide bonds. The van der Waals surface area contributed by atoms with Crippen molar-refractivity contribution in [2.75, 3.05) is 34.5 Å². The lowest BCUT2D eigenvalue weighted by atomic mass is 10.2. The summed E-state index contributed by atoms with van der Waals surface area (Å²) in [7, 11) is 0. The van der Waals surface area contributed by atoms with Gasteiger partial charge in [0, 0.05) is 17.1 Å². The van der Waals surface area contributed by atoms with Crippen molar-refractivity contribution < 1.29 is 14.3 Å². The standard InChI is InChI=1S/C27H27Cl2N5O3S/c1-16-32-25(30-12-5-13-38-2)24(26(33-16)34-22-7-4-3-6-19(22)27(35)36)31-15-18-9-11-23(37-18)20-14-17(28)8-10-21(20)29/h3-4,6-11,14,31H,5,12-13,15H2,1-2H3,(H,35,36)(H2,30,32,33,34). The average Bonchev–Trinajstić information content (AvgIpc) is 3.36. The molecule has 0 saturated carbocycles. The number of carboxylic acids is 1. The van der Waals surface area contributed by atoms with E-state index < -0.39 is 5.97 Å². The van der Waals surface area contributed by atoms with E-state index in [9.17, 15) is 9.90 Å². The number of thioether (sulfide) groups is 1. The molecule has 0 aliphatic heterocycles. The fourth-order valence-corrected chi connectivity index (χ4v) is 4.58. The number of carboxylic acid groups (broad SMARTS) is 1. The number of anilines is 4. The molecule has 0 aliphatic rings. The van der Waals surface area contributed by atoms with E-state index >= 15 is 0 Å². The summed E-state index contributed by atoms with van der Waals surface area (Å²) in [6.07, 6.45) is 3.02. The number of aromatic nitrogens is 2. The normalized spacial score (nSPS) is 10.8. The zero-order chi connectivity index (χ0) is 27.1. The van der Waals surface area contributed by atoms with Gasteiger partial charge in [-0.15, -0.1) is 0 Å². The predicted molar refractivity (Wildman–Crippen MR) is 156 cm³/mol. The van der Waals surface area contributed by atoms with Gasteiger partial charge < -0.3 is 25.5 Å². The summed E-state index contributed by atoms with van der Waals surface area (Å²) in [4.78, 5) is 21.0. The van der Waals surface area contributed by atoms with Crippen LogP contribution >= 0.6 is 35.0 Å². The van der Waals surface area contributed by atoms with Gasteiger partial charge in [-0.2, -0.15) is 11.8 Å². The van der Waals surface area contributed by atoms with Crippen molar-refractivity contribution in [3.05, 3.63) is 81.8 Å². The third-order valence-corrected chi connectivity index (χ3v) is 6.81. The first-order valence-corrected chi connectivity index (χ1v) is 14.0. The van der Waals surface area contributed by atoms with Crippen LogP contribution in [0.15, 0.2) is 59.0 Å². The summed E-state index contributed by atoms with van der Waals surface area (Å²) in [5.41, 5.74) is 1.86. The summed E-state index contributed by atoms with van der Waals surface area (Å²) in [5, 5.41) is 20.7. The lowest BCUT2D eigenvalue weighted by Gasteiger charge is -2.18. The van der Waals surface area contributed by atoms with E-state index in [1.807, 2.05) is 12.1 Å². The molecule has 198 valence electrons. The maximum absolute atomic E-state index is 11.8. The smallest absolute Gasteiger partial charge is 0.337 e. The molecule has 2 aromatic heterocycles. The number of hydrogen-bond acceptors (Lipinski definition) is 8. The van der Waals surface area contributed by atoms with Crippen molar-refractivity contribution in [2.45, 2.75) is 19.9 Å². The Hall–Kier alpha value is -3.40. The molecule has 0 bridgehead atoms. The molecule has 4 aromatic rings. The Morgan fingerprint density at radius 1 is 1.05 bits per heavy atom. The Kier molecular flexibility index (Phi) is 9.38. The van der Waals surface area contributed by atoms with Crippen LogP contribution in [0.3, 0.4) is 0 Å². The number of aryl methyl sites for hydroxylation is 1. The number of furan rings is 1. The van der Waals surface area contributed by atoms with Gasteiger partial charge in [0.1, 0.15) is 23.0 Å². The molecule has 0 radical (unpaired) electrons. The number of para-hydroxylation sites is 1. The zero-order valence-electron chi connectivity index (χ0n) is 20.8. The molecule has 8 nitrogen and oxygen atoms in total. The Morgan fingerprint density at radius 2 is 1.84 bits per heavy atom. The Bertz CT molecular complexity index is 1430. The van der Waals surface area contributed by atoms with Crippen molar-refractivity contribution in [2.24, 2.45) is 0 Å². The van der Waals surface area contributed by atoms with Crippen LogP contribution in [0.2, 0.25) is 10.0 Å². The summed E-state index contributed by atoms with van der Waals surface area (Å²) < 4.78 is 6.04. The minimum absolute atomic E-state index is 0.137. The van der Waals surface area contributed by atoms with E-state index in [4.69, 9.17) is 27.6 Å². The number of rotatable bonds is 12. The second kappa shape index (κ2) is 12.9. The Balaban J connectivity index is 1.63.